The zero-order chi connectivity index (χ0) is 24.4. The fourth-order valence-electron chi connectivity index (χ4n) is 3.17. The van der Waals surface area contributed by atoms with Gasteiger partial charge in [-0.05, 0) is 73.6 Å². The quantitative estimate of drug-likeness (QED) is 0.351. The maximum absolute atomic E-state index is 12.6. The minimum atomic E-state index is -0.623. The highest BCUT2D eigenvalue weighted by molar-refractivity contribution is 8.26. The first-order chi connectivity index (χ1) is 16.3. The molecule has 0 bridgehead atoms. The number of nitrogens with zero attached hydrogens (tertiary/aromatic N) is 3. The number of hydrazone groups is 1. The van der Waals surface area contributed by atoms with Crippen LogP contribution in [0.15, 0.2) is 52.1 Å². The third-order valence-electron chi connectivity index (χ3n) is 4.72. The number of amides is 1. The Balaban J connectivity index is 1.65. The first kappa shape index (κ1) is 23.5. The van der Waals surface area contributed by atoms with E-state index < -0.39 is 11.9 Å². The van der Waals surface area contributed by atoms with Crippen molar-refractivity contribution >= 4 is 57.4 Å². The molecule has 4 rings (SSSR count). The number of carbonyl (C=O) groups is 2. The molecule has 2 aromatic rings. The summed E-state index contributed by atoms with van der Waals surface area (Å²) < 4.78 is 16.3. The van der Waals surface area contributed by atoms with Crippen LogP contribution in [0, 0.1) is 5.41 Å². The monoisotopic (exact) mass is 498 g/mol. The van der Waals surface area contributed by atoms with Crippen LogP contribution in [-0.4, -0.2) is 46.6 Å². The average Bonchev–Trinajstić information content (AvgIpc) is 3.19. The SMILES string of the molecule is CCOc1cc(/C=C2/C(=N)N3N=C(C)SC3=NC2=O)cc(Cl)c1OC(=O)c1ccc(OC)cc1. The lowest BCUT2D eigenvalue weighted by Crippen LogP contribution is -2.35. The Morgan fingerprint density at radius 3 is 2.68 bits per heavy atom. The Hall–Kier alpha value is -3.63. The van der Waals surface area contributed by atoms with E-state index in [1.807, 2.05) is 0 Å². The molecule has 0 saturated carbocycles. The number of rotatable bonds is 6. The van der Waals surface area contributed by atoms with Gasteiger partial charge in [0.25, 0.3) is 5.91 Å². The van der Waals surface area contributed by atoms with E-state index in [2.05, 4.69) is 10.1 Å². The molecule has 2 heterocycles. The highest BCUT2D eigenvalue weighted by atomic mass is 35.5. The average molecular weight is 499 g/mol. The molecule has 0 atom stereocenters. The summed E-state index contributed by atoms with van der Waals surface area (Å²) in [6, 6.07) is 9.53. The van der Waals surface area contributed by atoms with Crippen LogP contribution in [0.5, 0.6) is 17.2 Å². The number of fused-ring (bicyclic) bond motifs is 1. The summed E-state index contributed by atoms with van der Waals surface area (Å²) in [4.78, 5) is 29.2. The van der Waals surface area contributed by atoms with Crippen LogP contribution < -0.4 is 14.2 Å². The summed E-state index contributed by atoms with van der Waals surface area (Å²) in [5.41, 5.74) is 0.820. The van der Waals surface area contributed by atoms with Gasteiger partial charge >= 0.3 is 5.97 Å². The molecule has 34 heavy (non-hydrogen) atoms. The predicted octanol–water partition coefficient (Wildman–Crippen LogP) is 4.61. The van der Waals surface area contributed by atoms with Crippen LogP contribution in [0.3, 0.4) is 0 Å². The van der Waals surface area contributed by atoms with Gasteiger partial charge < -0.3 is 14.2 Å². The number of methoxy groups -OCH3 is 1. The zero-order valence-corrected chi connectivity index (χ0v) is 20.0. The van der Waals surface area contributed by atoms with E-state index in [0.29, 0.717) is 27.1 Å². The van der Waals surface area contributed by atoms with Gasteiger partial charge in [0.1, 0.15) is 5.75 Å². The Bertz CT molecular complexity index is 1290. The van der Waals surface area contributed by atoms with Gasteiger partial charge in [-0.15, -0.1) is 0 Å². The van der Waals surface area contributed by atoms with E-state index in [9.17, 15) is 9.59 Å². The Morgan fingerprint density at radius 1 is 1.26 bits per heavy atom. The summed E-state index contributed by atoms with van der Waals surface area (Å²) in [7, 11) is 1.53. The lowest BCUT2D eigenvalue weighted by atomic mass is 10.1. The van der Waals surface area contributed by atoms with E-state index in [-0.39, 0.29) is 34.5 Å². The largest absolute Gasteiger partial charge is 0.497 e. The van der Waals surface area contributed by atoms with Gasteiger partial charge in [-0.25, -0.2) is 4.79 Å². The number of thioether (sulfide) groups is 1. The molecule has 0 saturated heterocycles. The molecule has 11 heteroatoms. The Kier molecular flexibility index (Phi) is 6.71. The highest BCUT2D eigenvalue weighted by Crippen LogP contribution is 2.38. The molecule has 2 aliphatic rings. The zero-order valence-electron chi connectivity index (χ0n) is 18.4. The van der Waals surface area contributed by atoms with E-state index in [0.717, 1.165) is 0 Å². The third-order valence-corrected chi connectivity index (χ3v) is 5.82. The van der Waals surface area contributed by atoms with Crippen molar-refractivity contribution in [2.45, 2.75) is 13.8 Å². The van der Waals surface area contributed by atoms with E-state index >= 15 is 0 Å². The number of hydrogen-bond donors (Lipinski definition) is 1. The van der Waals surface area contributed by atoms with Gasteiger partial charge in [-0.2, -0.15) is 15.1 Å². The number of aliphatic imine (C=N–C) groups is 1. The summed E-state index contributed by atoms with van der Waals surface area (Å²) in [5, 5.41) is 15.0. The van der Waals surface area contributed by atoms with E-state index in [1.165, 1.54) is 36.0 Å². The summed E-state index contributed by atoms with van der Waals surface area (Å²) in [6.07, 6.45) is 1.47. The fourth-order valence-corrected chi connectivity index (χ4v) is 4.16. The molecule has 2 aromatic carbocycles. The Labute approximate surface area is 204 Å². The van der Waals surface area contributed by atoms with Crippen molar-refractivity contribution in [1.82, 2.24) is 5.01 Å². The fraction of sp³-hybridized carbons (Fsp3) is 0.174. The number of nitrogens with one attached hydrogen (secondary N) is 1. The van der Waals surface area contributed by atoms with Crippen LogP contribution in [0.4, 0.5) is 0 Å². The minimum Gasteiger partial charge on any atom is -0.497 e. The molecule has 1 N–H and O–H groups in total. The molecule has 2 aliphatic heterocycles. The maximum atomic E-state index is 12.6. The summed E-state index contributed by atoms with van der Waals surface area (Å²) in [6.45, 7) is 3.83. The number of amidine groups is 2. The number of ether oxygens (including phenoxy) is 3. The topological polar surface area (TPSA) is 114 Å². The van der Waals surface area contributed by atoms with E-state index in [1.54, 1.807) is 44.2 Å². The summed E-state index contributed by atoms with van der Waals surface area (Å²) in [5.74, 6) is -0.403. The van der Waals surface area contributed by atoms with Crippen molar-refractivity contribution in [2.75, 3.05) is 13.7 Å². The molecule has 1 amide bonds. The molecule has 0 spiro atoms. The van der Waals surface area contributed by atoms with Crippen molar-refractivity contribution in [3.63, 3.8) is 0 Å². The molecule has 0 aromatic heterocycles. The van der Waals surface area contributed by atoms with Gasteiger partial charge in [-0.3, -0.25) is 10.2 Å². The minimum absolute atomic E-state index is 0.0456. The van der Waals surface area contributed by atoms with Crippen molar-refractivity contribution < 1.29 is 23.8 Å². The maximum Gasteiger partial charge on any atom is 0.343 e. The van der Waals surface area contributed by atoms with Crippen molar-refractivity contribution in [3.05, 3.63) is 58.1 Å². The second-order valence-corrected chi connectivity index (χ2v) is 8.59. The standard InChI is InChI=1S/C23H19ClN4O5S/c1-4-32-18-11-13(9-16-20(25)28-23(26-21(16)29)34-12(2)27-28)10-17(24)19(18)33-22(30)14-5-7-15(31-3)8-6-14/h5-11,25H,4H2,1-3H3/b16-9-,25-20?. The molecular formula is C23H19ClN4O5S. The first-order valence-electron chi connectivity index (χ1n) is 10.1. The van der Waals surface area contributed by atoms with Crippen LogP contribution in [-0.2, 0) is 4.79 Å². The highest BCUT2D eigenvalue weighted by Gasteiger charge is 2.34. The Morgan fingerprint density at radius 2 is 2.00 bits per heavy atom. The number of carbonyl (C=O) groups excluding carboxylic acids is 2. The van der Waals surface area contributed by atoms with Crippen LogP contribution in [0.25, 0.3) is 6.08 Å². The number of halogens is 1. The lowest BCUT2D eigenvalue weighted by molar-refractivity contribution is -0.114. The van der Waals surface area contributed by atoms with Crippen molar-refractivity contribution in [3.8, 4) is 17.2 Å². The second-order valence-electron chi connectivity index (χ2n) is 7.02. The normalized spacial score (nSPS) is 16.2. The van der Waals surface area contributed by atoms with Crippen LogP contribution in [0.2, 0.25) is 5.02 Å². The molecule has 0 radical (unpaired) electrons. The third kappa shape index (κ3) is 4.68. The lowest BCUT2D eigenvalue weighted by Gasteiger charge is -2.20. The van der Waals surface area contributed by atoms with Gasteiger partial charge in [0, 0.05) is 0 Å². The van der Waals surface area contributed by atoms with Crippen molar-refractivity contribution in [1.29, 1.82) is 5.41 Å². The number of esters is 1. The van der Waals surface area contributed by atoms with E-state index in [4.69, 9.17) is 31.2 Å². The van der Waals surface area contributed by atoms with Crippen LogP contribution >= 0.6 is 23.4 Å². The van der Waals surface area contributed by atoms with Gasteiger partial charge in [0.05, 0.1) is 34.9 Å². The molecule has 174 valence electrons. The second kappa shape index (κ2) is 9.70. The summed E-state index contributed by atoms with van der Waals surface area (Å²) >= 11 is 7.66. The van der Waals surface area contributed by atoms with Crippen LogP contribution in [0.1, 0.15) is 29.8 Å². The van der Waals surface area contributed by atoms with Gasteiger partial charge in [0.15, 0.2) is 17.3 Å². The van der Waals surface area contributed by atoms with Gasteiger partial charge in [-0.1, -0.05) is 11.6 Å². The smallest absolute Gasteiger partial charge is 0.343 e. The first-order valence-corrected chi connectivity index (χ1v) is 11.3. The molecule has 0 fully saturated rings. The van der Waals surface area contributed by atoms with Crippen molar-refractivity contribution in [2.24, 2.45) is 10.1 Å². The molecule has 0 aliphatic carbocycles. The molecular weight excluding hydrogens is 480 g/mol. The molecule has 0 unspecified atom stereocenters. The number of hydrogen-bond acceptors (Lipinski definition) is 8. The number of benzene rings is 2. The predicted molar refractivity (Wildman–Crippen MR) is 131 cm³/mol. The molecule has 9 nitrogen and oxygen atoms in total. The van der Waals surface area contributed by atoms with Gasteiger partial charge in [0.2, 0.25) is 5.17 Å².